The molecule has 30 heavy (non-hydrogen) atoms. The summed E-state index contributed by atoms with van der Waals surface area (Å²) in [5, 5.41) is 9.51. The number of anilines is 1. The summed E-state index contributed by atoms with van der Waals surface area (Å²) >= 11 is 0. The van der Waals surface area contributed by atoms with E-state index in [0.29, 0.717) is 24.8 Å². The van der Waals surface area contributed by atoms with Gasteiger partial charge in [0.15, 0.2) is 5.82 Å². The van der Waals surface area contributed by atoms with Crippen LogP contribution in [0.5, 0.6) is 0 Å². The Balaban J connectivity index is 1.36. The first-order valence-electron chi connectivity index (χ1n) is 9.47. The molecule has 1 aromatic carbocycles. The summed E-state index contributed by atoms with van der Waals surface area (Å²) in [6, 6.07) is 8.34. The monoisotopic (exact) mass is 413 g/mol. The van der Waals surface area contributed by atoms with Crippen LogP contribution in [0.1, 0.15) is 28.8 Å². The van der Waals surface area contributed by atoms with E-state index >= 15 is 0 Å². The van der Waals surface area contributed by atoms with Crippen LogP contribution in [0.4, 0.5) is 14.6 Å². The lowest BCUT2D eigenvalue weighted by atomic mass is 10.2. The fourth-order valence-corrected chi connectivity index (χ4v) is 2.77. The van der Waals surface area contributed by atoms with Crippen LogP contribution in [0.25, 0.3) is 0 Å². The number of aryl methyl sites for hydroxylation is 2. The normalized spacial score (nSPS) is 10.6. The van der Waals surface area contributed by atoms with E-state index in [2.05, 4.69) is 20.7 Å². The maximum absolute atomic E-state index is 13.6. The molecule has 0 aliphatic carbocycles. The van der Waals surface area contributed by atoms with Gasteiger partial charge in [-0.05, 0) is 42.7 Å². The molecule has 0 saturated heterocycles. The zero-order valence-corrected chi connectivity index (χ0v) is 16.1. The summed E-state index contributed by atoms with van der Waals surface area (Å²) in [6.07, 6.45) is 6.59. The lowest BCUT2D eigenvalue weighted by Crippen LogP contribution is -2.26. The number of nitrogens with zero attached hydrogens (tertiary/aromatic N) is 3. The highest BCUT2D eigenvalue weighted by Crippen LogP contribution is 2.09. The van der Waals surface area contributed by atoms with Crippen LogP contribution in [-0.2, 0) is 17.8 Å². The molecule has 9 heteroatoms. The average Bonchev–Trinajstić information content (AvgIpc) is 3.17. The van der Waals surface area contributed by atoms with E-state index in [1.165, 1.54) is 0 Å². The van der Waals surface area contributed by atoms with Crippen LogP contribution in [0.3, 0.4) is 0 Å². The SMILES string of the molecule is O=C(CCCNC(=O)c1ccc(F)cc1F)Nc1ccn(CCc2ccncc2)n1. The van der Waals surface area contributed by atoms with E-state index in [1.807, 2.05) is 12.1 Å². The van der Waals surface area contributed by atoms with Crippen molar-refractivity contribution in [2.75, 3.05) is 11.9 Å². The number of amides is 2. The predicted molar refractivity (Wildman–Crippen MR) is 107 cm³/mol. The van der Waals surface area contributed by atoms with Crippen LogP contribution >= 0.6 is 0 Å². The van der Waals surface area contributed by atoms with Gasteiger partial charge in [-0.1, -0.05) is 0 Å². The molecule has 0 spiro atoms. The van der Waals surface area contributed by atoms with Crippen molar-refractivity contribution < 1.29 is 18.4 Å². The van der Waals surface area contributed by atoms with Gasteiger partial charge < -0.3 is 10.6 Å². The number of pyridine rings is 1. The van der Waals surface area contributed by atoms with Crippen LogP contribution < -0.4 is 10.6 Å². The Morgan fingerprint density at radius 2 is 1.87 bits per heavy atom. The molecule has 0 aliphatic rings. The molecule has 156 valence electrons. The molecular formula is C21H21F2N5O2. The van der Waals surface area contributed by atoms with Crippen LogP contribution in [0.15, 0.2) is 55.0 Å². The fourth-order valence-electron chi connectivity index (χ4n) is 2.77. The lowest BCUT2D eigenvalue weighted by Gasteiger charge is -2.06. The third kappa shape index (κ3) is 6.20. The standard InChI is InChI=1S/C21H21F2N5O2/c22-16-3-4-17(18(23)14-16)21(30)25-9-1-2-20(29)26-19-8-13-28(27-19)12-7-15-5-10-24-11-6-15/h3-6,8,10-11,13-14H,1-2,7,9,12H2,(H,25,30)(H,26,27,29). The summed E-state index contributed by atoms with van der Waals surface area (Å²) < 4.78 is 28.2. The number of hydrogen-bond donors (Lipinski definition) is 2. The highest BCUT2D eigenvalue weighted by Gasteiger charge is 2.12. The van der Waals surface area contributed by atoms with Crippen molar-refractivity contribution in [2.24, 2.45) is 0 Å². The first-order chi connectivity index (χ1) is 14.5. The molecule has 2 amide bonds. The van der Waals surface area contributed by atoms with Crippen LogP contribution in [-0.4, -0.2) is 33.1 Å². The molecule has 2 heterocycles. The van der Waals surface area contributed by atoms with Gasteiger partial charge in [0.2, 0.25) is 5.91 Å². The third-order valence-corrected chi connectivity index (χ3v) is 4.33. The van der Waals surface area contributed by atoms with Gasteiger partial charge in [-0.15, -0.1) is 0 Å². The van der Waals surface area contributed by atoms with Gasteiger partial charge in [0, 0.05) is 50.2 Å². The molecule has 3 rings (SSSR count). The predicted octanol–water partition coefficient (Wildman–Crippen LogP) is 2.95. The van der Waals surface area contributed by atoms with Gasteiger partial charge in [0.25, 0.3) is 5.91 Å². The van der Waals surface area contributed by atoms with Gasteiger partial charge in [-0.25, -0.2) is 8.78 Å². The van der Waals surface area contributed by atoms with Gasteiger partial charge in [0.05, 0.1) is 5.56 Å². The van der Waals surface area contributed by atoms with Crippen LogP contribution in [0.2, 0.25) is 0 Å². The summed E-state index contributed by atoms with van der Waals surface area (Å²) in [6.45, 7) is 0.856. The maximum Gasteiger partial charge on any atom is 0.254 e. The van der Waals surface area contributed by atoms with Gasteiger partial charge in [0.1, 0.15) is 11.6 Å². The molecule has 2 aromatic heterocycles. The van der Waals surface area contributed by atoms with E-state index < -0.39 is 17.5 Å². The van der Waals surface area contributed by atoms with Crippen molar-refractivity contribution in [1.29, 1.82) is 0 Å². The number of carbonyl (C=O) groups excluding carboxylic acids is 2. The zero-order chi connectivity index (χ0) is 21.3. The van der Waals surface area contributed by atoms with Crippen molar-refractivity contribution in [3.05, 3.63) is 77.8 Å². The molecule has 0 fully saturated rings. The van der Waals surface area contributed by atoms with E-state index in [-0.39, 0.29) is 24.4 Å². The molecule has 0 saturated carbocycles. The molecule has 0 radical (unpaired) electrons. The quantitative estimate of drug-likeness (QED) is 0.528. The smallest absolute Gasteiger partial charge is 0.254 e. The van der Waals surface area contributed by atoms with Crippen molar-refractivity contribution in [3.8, 4) is 0 Å². The molecule has 0 aliphatic heterocycles. The van der Waals surface area contributed by atoms with Crippen molar-refractivity contribution in [1.82, 2.24) is 20.1 Å². The Labute approximate surface area is 172 Å². The largest absolute Gasteiger partial charge is 0.352 e. The minimum absolute atomic E-state index is 0.163. The van der Waals surface area contributed by atoms with E-state index in [0.717, 1.165) is 24.1 Å². The first kappa shape index (κ1) is 21.1. The second-order valence-electron chi connectivity index (χ2n) is 6.60. The number of aromatic nitrogens is 3. The van der Waals surface area contributed by atoms with E-state index in [9.17, 15) is 18.4 Å². The Morgan fingerprint density at radius 3 is 2.63 bits per heavy atom. The van der Waals surface area contributed by atoms with Gasteiger partial charge in [-0.2, -0.15) is 5.10 Å². The number of benzene rings is 1. The zero-order valence-electron chi connectivity index (χ0n) is 16.1. The van der Waals surface area contributed by atoms with E-state index in [1.54, 1.807) is 29.3 Å². The van der Waals surface area contributed by atoms with Gasteiger partial charge >= 0.3 is 0 Å². The molecule has 3 aromatic rings. The Bertz CT molecular complexity index is 1010. The summed E-state index contributed by atoms with van der Waals surface area (Å²) in [5.74, 6) is -2.12. The van der Waals surface area contributed by atoms with E-state index in [4.69, 9.17) is 0 Å². The molecule has 0 atom stereocenters. The van der Waals surface area contributed by atoms with Crippen LogP contribution in [0, 0.1) is 11.6 Å². The summed E-state index contributed by atoms with van der Waals surface area (Å²) in [5.41, 5.74) is 0.909. The molecular weight excluding hydrogens is 392 g/mol. The number of rotatable bonds is 9. The minimum atomic E-state index is -0.926. The molecule has 7 nitrogen and oxygen atoms in total. The van der Waals surface area contributed by atoms with Crippen molar-refractivity contribution in [2.45, 2.75) is 25.8 Å². The number of nitrogens with one attached hydrogen (secondary N) is 2. The highest BCUT2D eigenvalue weighted by atomic mass is 19.1. The first-order valence-corrected chi connectivity index (χ1v) is 9.47. The number of carbonyl (C=O) groups is 2. The topological polar surface area (TPSA) is 88.9 Å². The highest BCUT2D eigenvalue weighted by molar-refractivity contribution is 5.94. The van der Waals surface area contributed by atoms with Gasteiger partial charge in [-0.3, -0.25) is 19.3 Å². The van der Waals surface area contributed by atoms with Crippen molar-refractivity contribution >= 4 is 17.6 Å². The molecule has 2 N–H and O–H groups in total. The second-order valence-corrected chi connectivity index (χ2v) is 6.60. The second kappa shape index (κ2) is 10.2. The Hall–Kier alpha value is -3.62. The number of hydrogen-bond acceptors (Lipinski definition) is 4. The van der Waals surface area contributed by atoms with Crippen molar-refractivity contribution in [3.63, 3.8) is 0 Å². The number of halogens is 2. The summed E-state index contributed by atoms with van der Waals surface area (Å²) in [7, 11) is 0. The lowest BCUT2D eigenvalue weighted by molar-refractivity contribution is -0.116. The maximum atomic E-state index is 13.6. The third-order valence-electron chi connectivity index (χ3n) is 4.33. The Kier molecular flexibility index (Phi) is 7.20. The molecule has 0 unspecified atom stereocenters. The molecule has 0 bridgehead atoms. The summed E-state index contributed by atoms with van der Waals surface area (Å²) in [4.78, 5) is 27.9. The fraction of sp³-hybridized carbons (Fsp3) is 0.238. The Morgan fingerprint density at radius 1 is 1.07 bits per heavy atom. The minimum Gasteiger partial charge on any atom is -0.352 e. The average molecular weight is 413 g/mol.